The van der Waals surface area contributed by atoms with Gasteiger partial charge in [0.1, 0.15) is 0 Å². The molecular weight excluding hydrogens is 339 g/mol. The number of rotatable bonds is 2. The molecule has 0 aliphatic carbocycles. The second-order valence-corrected chi connectivity index (χ2v) is 6.51. The summed E-state index contributed by atoms with van der Waals surface area (Å²) < 4.78 is 2.53. The lowest BCUT2D eigenvalue weighted by atomic mass is 10.0. The van der Waals surface area contributed by atoms with E-state index in [1.165, 1.54) is 33.3 Å². The van der Waals surface area contributed by atoms with Crippen molar-refractivity contribution in [3.63, 3.8) is 0 Å². The van der Waals surface area contributed by atoms with Gasteiger partial charge in [0.2, 0.25) is 0 Å². The minimum atomic E-state index is 0. The van der Waals surface area contributed by atoms with Crippen LogP contribution < -0.4 is 0 Å². The molecule has 4 heteroatoms. The van der Waals surface area contributed by atoms with Crippen LogP contribution in [0.3, 0.4) is 0 Å². The van der Waals surface area contributed by atoms with E-state index in [1.807, 2.05) is 0 Å². The fourth-order valence-electron chi connectivity index (χ4n) is 3.65. The highest BCUT2D eigenvalue weighted by molar-refractivity contribution is 5.86. The number of aromatic nitrogens is 1. The minimum Gasteiger partial charge on any atom is -0.340 e. The predicted molar refractivity (Wildman–Crippen MR) is 107 cm³/mol. The topological polar surface area (TPSA) is 8.17 Å². The van der Waals surface area contributed by atoms with Gasteiger partial charge in [-0.25, -0.2) is 0 Å². The molecule has 4 rings (SSSR count). The van der Waals surface area contributed by atoms with E-state index in [9.17, 15) is 0 Å². The van der Waals surface area contributed by atoms with E-state index < -0.39 is 0 Å². The van der Waals surface area contributed by atoms with Crippen molar-refractivity contribution in [3.8, 4) is 0 Å². The molecule has 0 fully saturated rings. The van der Waals surface area contributed by atoms with Gasteiger partial charge in [0.15, 0.2) is 0 Å². The highest BCUT2D eigenvalue weighted by Crippen LogP contribution is 2.31. The SMILES string of the molecule is Cc1ccc2c(c1)c1c(n2Cc2ccccc2)CCN(C)C1.Cl.Cl. The number of fused-ring (bicyclic) bond motifs is 3. The second kappa shape index (κ2) is 7.60. The summed E-state index contributed by atoms with van der Waals surface area (Å²) in [5, 5.41) is 1.44. The molecule has 0 radical (unpaired) electrons. The molecule has 0 bridgehead atoms. The fraction of sp³-hybridized carbons (Fsp3) is 0.300. The zero-order valence-electron chi connectivity index (χ0n) is 14.2. The van der Waals surface area contributed by atoms with Crippen LogP contribution >= 0.6 is 24.8 Å². The summed E-state index contributed by atoms with van der Waals surface area (Å²) in [7, 11) is 2.22. The van der Waals surface area contributed by atoms with Crippen LogP contribution in [0.25, 0.3) is 10.9 Å². The summed E-state index contributed by atoms with van der Waals surface area (Å²) in [6, 6.07) is 17.7. The van der Waals surface area contributed by atoms with Gasteiger partial charge < -0.3 is 9.47 Å². The van der Waals surface area contributed by atoms with Crippen LogP contribution in [0.5, 0.6) is 0 Å². The first kappa shape index (κ1) is 18.9. The highest BCUT2D eigenvalue weighted by atomic mass is 35.5. The van der Waals surface area contributed by atoms with Crippen molar-refractivity contribution >= 4 is 35.7 Å². The lowest BCUT2D eigenvalue weighted by Gasteiger charge is -2.24. The van der Waals surface area contributed by atoms with E-state index in [1.54, 1.807) is 0 Å². The number of nitrogens with zero attached hydrogens (tertiary/aromatic N) is 2. The minimum absolute atomic E-state index is 0. The van der Waals surface area contributed by atoms with Gasteiger partial charge in [-0.05, 0) is 37.2 Å². The fourth-order valence-corrected chi connectivity index (χ4v) is 3.65. The van der Waals surface area contributed by atoms with Crippen molar-refractivity contribution in [2.24, 2.45) is 0 Å². The smallest absolute Gasteiger partial charge is 0.0489 e. The van der Waals surface area contributed by atoms with E-state index >= 15 is 0 Å². The molecule has 1 aliphatic rings. The molecule has 2 aromatic carbocycles. The quantitative estimate of drug-likeness (QED) is 0.633. The van der Waals surface area contributed by atoms with Gasteiger partial charge in [-0.15, -0.1) is 24.8 Å². The lowest BCUT2D eigenvalue weighted by Crippen LogP contribution is -2.27. The summed E-state index contributed by atoms with van der Waals surface area (Å²) in [5.74, 6) is 0. The van der Waals surface area contributed by atoms with Crippen molar-refractivity contribution in [3.05, 3.63) is 70.9 Å². The van der Waals surface area contributed by atoms with Gasteiger partial charge in [-0.3, -0.25) is 0 Å². The molecule has 0 atom stereocenters. The average Bonchev–Trinajstić information content (AvgIpc) is 2.81. The van der Waals surface area contributed by atoms with Crippen LogP contribution in [0.2, 0.25) is 0 Å². The van der Waals surface area contributed by atoms with Crippen LogP contribution in [0.4, 0.5) is 0 Å². The Morgan fingerprint density at radius 2 is 1.75 bits per heavy atom. The van der Waals surface area contributed by atoms with Crippen molar-refractivity contribution < 1.29 is 0 Å². The van der Waals surface area contributed by atoms with Crippen LogP contribution in [-0.2, 0) is 19.5 Å². The lowest BCUT2D eigenvalue weighted by molar-refractivity contribution is 0.310. The van der Waals surface area contributed by atoms with E-state index in [4.69, 9.17) is 0 Å². The molecule has 2 heterocycles. The third-order valence-electron chi connectivity index (χ3n) is 4.78. The largest absolute Gasteiger partial charge is 0.340 e. The molecule has 1 aromatic heterocycles. The Hall–Kier alpha value is -1.48. The number of likely N-dealkylation sites (N-methyl/N-ethyl adjacent to an activating group) is 1. The Kier molecular flexibility index (Phi) is 5.97. The summed E-state index contributed by atoms with van der Waals surface area (Å²) in [6.45, 7) is 5.38. The molecule has 24 heavy (non-hydrogen) atoms. The van der Waals surface area contributed by atoms with Crippen LogP contribution in [-0.4, -0.2) is 23.1 Å². The summed E-state index contributed by atoms with van der Waals surface area (Å²) in [4.78, 5) is 2.43. The van der Waals surface area contributed by atoms with Gasteiger partial charge in [0, 0.05) is 42.7 Å². The van der Waals surface area contributed by atoms with E-state index in [0.29, 0.717) is 0 Å². The molecule has 0 saturated heterocycles. The normalized spacial score (nSPS) is 13.9. The molecule has 128 valence electrons. The van der Waals surface area contributed by atoms with Crippen LogP contribution in [0, 0.1) is 6.92 Å². The first-order chi connectivity index (χ1) is 10.7. The molecule has 0 N–H and O–H groups in total. The Morgan fingerprint density at radius 3 is 2.50 bits per heavy atom. The number of benzene rings is 2. The number of hydrogen-bond donors (Lipinski definition) is 0. The van der Waals surface area contributed by atoms with Crippen LogP contribution in [0.15, 0.2) is 48.5 Å². The van der Waals surface area contributed by atoms with Crippen LogP contribution in [0.1, 0.15) is 22.4 Å². The second-order valence-electron chi connectivity index (χ2n) is 6.51. The number of halogens is 2. The standard InChI is InChI=1S/C20H22N2.2ClH/c1-15-8-9-19-17(12-15)18-14-21(2)11-10-20(18)22(19)13-16-6-4-3-5-7-16;;/h3-9,12H,10-11,13-14H2,1-2H3;2*1H. The Labute approximate surface area is 156 Å². The van der Waals surface area contributed by atoms with Crippen molar-refractivity contribution in [2.45, 2.75) is 26.4 Å². The Balaban J connectivity index is 0.00000104. The molecule has 0 saturated carbocycles. The van der Waals surface area contributed by atoms with Gasteiger partial charge in [-0.2, -0.15) is 0 Å². The molecule has 0 amide bonds. The average molecular weight is 363 g/mol. The Morgan fingerprint density at radius 1 is 1.00 bits per heavy atom. The maximum absolute atomic E-state index is 2.53. The van der Waals surface area contributed by atoms with E-state index in [0.717, 1.165) is 26.1 Å². The third-order valence-corrected chi connectivity index (χ3v) is 4.78. The molecule has 2 nitrogen and oxygen atoms in total. The predicted octanol–water partition coefficient (Wildman–Crippen LogP) is 4.83. The van der Waals surface area contributed by atoms with Crippen molar-refractivity contribution in [1.29, 1.82) is 0 Å². The third kappa shape index (κ3) is 3.32. The highest BCUT2D eigenvalue weighted by Gasteiger charge is 2.22. The van der Waals surface area contributed by atoms with Gasteiger partial charge in [-0.1, -0.05) is 42.0 Å². The summed E-state index contributed by atoms with van der Waals surface area (Å²) >= 11 is 0. The Bertz CT molecular complexity index is 825. The molecule has 0 spiro atoms. The molecule has 3 aromatic rings. The first-order valence-electron chi connectivity index (χ1n) is 8.05. The van der Waals surface area contributed by atoms with Crippen molar-refractivity contribution in [2.75, 3.05) is 13.6 Å². The number of aryl methyl sites for hydroxylation is 1. The molecule has 0 unspecified atom stereocenters. The van der Waals surface area contributed by atoms with Gasteiger partial charge >= 0.3 is 0 Å². The maximum Gasteiger partial charge on any atom is 0.0489 e. The van der Waals surface area contributed by atoms with Gasteiger partial charge in [0.25, 0.3) is 0 Å². The zero-order chi connectivity index (χ0) is 15.1. The summed E-state index contributed by atoms with van der Waals surface area (Å²) in [6.07, 6.45) is 1.15. The monoisotopic (exact) mass is 362 g/mol. The van der Waals surface area contributed by atoms with Gasteiger partial charge in [0.05, 0.1) is 0 Å². The van der Waals surface area contributed by atoms with E-state index in [2.05, 4.69) is 72.0 Å². The maximum atomic E-state index is 2.53. The zero-order valence-corrected chi connectivity index (χ0v) is 15.8. The first-order valence-corrected chi connectivity index (χ1v) is 8.05. The molecule has 1 aliphatic heterocycles. The van der Waals surface area contributed by atoms with E-state index in [-0.39, 0.29) is 24.8 Å². The number of hydrogen-bond acceptors (Lipinski definition) is 1. The summed E-state index contributed by atoms with van der Waals surface area (Å²) in [5.41, 5.74) is 7.17. The van der Waals surface area contributed by atoms with Crippen molar-refractivity contribution in [1.82, 2.24) is 9.47 Å². The molecular formula is C20H24Cl2N2.